The Hall–Kier alpha value is -3.66. The number of rotatable bonds is 7. The van der Waals surface area contributed by atoms with E-state index >= 15 is 0 Å². The maximum Gasteiger partial charge on any atom is 0.224 e. The third-order valence-corrected chi connectivity index (χ3v) is 6.60. The van der Waals surface area contributed by atoms with Crippen molar-refractivity contribution in [2.24, 2.45) is 5.92 Å². The molecule has 1 saturated heterocycles. The lowest BCUT2D eigenvalue weighted by atomic mass is 9.97. The minimum atomic E-state index is -0.0640. The van der Waals surface area contributed by atoms with E-state index in [0.717, 1.165) is 47.9 Å². The van der Waals surface area contributed by atoms with E-state index in [1.165, 1.54) is 6.33 Å². The summed E-state index contributed by atoms with van der Waals surface area (Å²) in [5, 5.41) is 18.8. The zero-order valence-electron chi connectivity index (χ0n) is 18.0. The van der Waals surface area contributed by atoms with Gasteiger partial charge in [-0.1, -0.05) is 30.3 Å². The topological polar surface area (TPSA) is 102 Å². The van der Waals surface area contributed by atoms with Crippen molar-refractivity contribution in [1.29, 1.82) is 0 Å². The van der Waals surface area contributed by atoms with Gasteiger partial charge in [-0.15, -0.1) is 21.5 Å². The molecule has 3 aromatic heterocycles. The molecular formula is C23H24N8OS. The second-order valence-corrected chi connectivity index (χ2v) is 8.78. The number of hydrogen-bond acceptors (Lipinski definition) is 8. The Labute approximate surface area is 195 Å². The second-order valence-electron chi connectivity index (χ2n) is 7.93. The fourth-order valence-corrected chi connectivity index (χ4v) is 4.79. The molecule has 0 bridgehead atoms. The van der Waals surface area contributed by atoms with E-state index in [-0.39, 0.29) is 11.8 Å². The molecule has 1 fully saturated rings. The lowest BCUT2D eigenvalue weighted by molar-refractivity contribution is -0.125. The van der Waals surface area contributed by atoms with Crippen molar-refractivity contribution < 1.29 is 4.79 Å². The summed E-state index contributed by atoms with van der Waals surface area (Å²) in [4.78, 5) is 23.5. The predicted molar refractivity (Wildman–Crippen MR) is 126 cm³/mol. The summed E-state index contributed by atoms with van der Waals surface area (Å²) in [5.74, 6) is 1.41. The highest BCUT2D eigenvalue weighted by molar-refractivity contribution is 7.13. The van der Waals surface area contributed by atoms with Crippen molar-refractivity contribution in [3.05, 3.63) is 66.2 Å². The number of benzene rings is 1. The molecule has 0 spiro atoms. The molecule has 1 unspecified atom stereocenters. The number of nitrogens with zero attached hydrogens (tertiary/aromatic N) is 7. The number of thiazole rings is 1. The zero-order chi connectivity index (χ0) is 22.5. The van der Waals surface area contributed by atoms with E-state index in [1.54, 1.807) is 22.3 Å². The number of anilines is 1. The van der Waals surface area contributed by atoms with Crippen LogP contribution in [0.3, 0.4) is 0 Å². The maximum atomic E-state index is 12.8. The Balaban J connectivity index is 1.13. The number of amides is 1. The third-order valence-electron chi connectivity index (χ3n) is 5.66. The first-order valence-electron chi connectivity index (χ1n) is 11.0. The Bertz CT molecular complexity index is 1180. The number of carbonyl (C=O) groups excluding carboxylic acids is 1. The molecule has 1 N–H and O–H groups in total. The summed E-state index contributed by atoms with van der Waals surface area (Å²) >= 11 is 1.64. The molecule has 4 aromatic rings. The van der Waals surface area contributed by atoms with Crippen LogP contribution in [-0.4, -0.2) is 55.5 Å². The smallest absolute Gasteiger partial charge is 0.224 e. The van der Waals surface area contributed by atoms with Crippen LogP contribution in [0.5, 0.6) is 0 Å². The van der Waals surface area contributed by atoms with Crippen molar-refractivity contribution in [3.63, 3.8) is 0 Å². The average molecular weight is 461 g/mol. The second kappa shape index (κ2) is 9.86. The molecule has 9 nitrogen and oxygen atoms in total. The number of piperidine rings is 1. The van der Waals surface area contributed by atoms with Crippen LogP contribution in [0.4, 0.5) is 5.82 Å². The standard InChI is InChI=1S/C23H24N8OS/c32-22(25-11-10-19-14-33-23(27-19)17-5-2-1-3-6-17)18-7-4-12-30(13-18)20-8-9-21(29-28-20)31-16-24-15-26-31/h1-3,5-6,8-9,14-16,18H,4,7,10-13H2,(H,25,32). The molecule has 1 aromatic carbocycles. The van der Waals surface area contributed by atoms with Crippen LogP contribution in [0.25, 0.3) is 16.4 Å². The Morgan fingerprint density at radius 3 is 2.76 bits per heavy atom. The highest BCUT2D eigenvalue weighted by Gasteiger charge is 2.26. The van der Waals surface area contributed by atoms with Gasteiger partial charge in [-0.25, -0.2) is 14.6 Å². The molecular weight excluding hydrogens is 436 g/mol. The van der Waals surface area contributed by atoms with Gasteiger partial charge in [0, 0.05) is 37.0 Å². The van der Waals surface area contributed by atoms with Gasteiger partial charge in [0.1, 0.15) is 17.7 Å². The SMILES string of the molecule is O=C(NCCc1csc(-c2ccccc2)n1)C1CCCN(c2ccc(-n3cncn3)nn2)C1. The maximum absolute atomic E-state index is 12.8. The summed E-state index contributed by atoms with van der Waals surface area (Å²) in [5.41, 5.74) is 2.13. The minimum absolute atomic E-state index is 0.0640. The number of nitrogens with one attached hydrogen (secondary N) is 1. The molecule has 0 aliphatic carbocycles. The minimum Gasteiger partial charge on any atom is -0.355 e. The summed E-state index contributed by atoms with van der Waals surface area (Å²) < 4.78 is 1.56. The third kappa shape index (κ3) is 5.06. The normalized spacial score (nSPS) is 16.0. The van der Waals surface area contributed by atoms with Gasteiger partial charge < -0.3 is 10.2 Å². The van der Waals surface area contributed by atoms with Gasteiger partial charge in [0.05, 0.1) is 11.6 Å². The van der Waals surface area contributed by atoms with Gasteiger partial charge in [0.15, 0.2) is 11.6 Å². The Kier molecular flexibility index (Phi) is 6.34. The zero-order valence-corrected chi connectivity index (χ0v) is 18.9. The van der Waals surface area contributed by atoms with Gasteiger partial charge in [0.25, 0.3) is 0 Å². The lowest BCUT2D eigenvalue weighted by Crippen LogP contribution is -2.43. The van der Waals surface area contributed by atoms with Crippen molar-refractivity contribution in [3.8, 4) is 16.4 Å². The molecule has 1 aliphatic rings. The Morgan fingerprint density at radius 2 is 1.97 bits per heavy atom. The van der Waals surface area contributed by atoms with E-state index in [9.17, 15) is 4.79 Å². The predicted octanol–water partition coefficient (Wildman–Crippen LogP) is 2.76. The van der Waals surface area contributed by atoms with Crippen molar-refractivity contribution in [2.45, 2.75) is 19.3 Å². The molecule has 5 rings (SSSR count). The van der Waals surface area contributed by atoms with Crippen LogP contribution < -0.4 is 10.2 Å². The molecule has 1 aliphatic heterocycles. The highest BCUT2D eigenvalue weighted by Crippen LogP contribution is 2.24. The van der Waals surface area contributed by atoms with Crippen molar-refractivity contribution in [1.82, 2.24) is 35.3 Å². The molecule has 4 heterocycles. The molecule has 0 saturated carbocycles. The van der Waals surface area contributed by atoms with E-state index in [4.69, 9.17) is 4.98 Å². The molecule has 10 heteroatoms. The number of hydrogen-bond donors (Lipinski definition) is 1. The summed E-state index contributed by atoms with van der Waals surface area (Å²) in [7, 11) is 0. The number of carbonyl (C=O) groups is 1. The van der Waals surface area contributed by atoms with Crippen LogP contribution in [0.1, 0.15) is 18.5 Å². The van der Waals surface area contributed by atoms with Crippen LogP contribution in [0, 0.1) is 5.92 Å². The molecule has 1 amide bonds. The van der Waals surface area contributed by atoms with Gasteiger partial charge in [0.2, 0.25) is 5.91 Å². The fourth-order valence-electron chi connectivity index (χ4n) is 3.93. The summed E-state index contributed by atoms with van der Waals surface area (Å²) in [6.07, 6.45) is 5.58. The fraction of sp³-hybridized carbons (Fsp3) is 0.304. The van der Waals surface area contributed by atoms with E-state index in [1.807, 2.05) is 30.3 Å². The first kappa shape index (κ1) is 21.2. The van der Waals surface area contributed by atoms with E-state index in [2.05, 4.69) is 48.0 Å². The summed E-state index contributed by atoms with van der Waals surface area (Å²) in [6, 6.07) is 13.9. The Morgan fingerprint density at radius 1 is 1.12 bits per heavy atom. The molecule has 168 valence electrons. The van der Waals surface area contributed by atoms with Gasteiger partial charge >= 0.3 is 0 Å². The lowest BCUT2D eigenvalue weighted by Gasteiger charge is -2.32. The first-order chi connectivity index (χ1) is 16.3. The van der Waals surface area contributed by atoms with Gasteiger partial charge in [-0.3, -0.25) is 4.79 Å². The highest BCUT2D eigenvalue weighted by atomic mass is 32.1. The van der Waals surface area contributed by atoms with Crippen LogP contribution in [0.15, 0.2) is 60.5 Å². The van der Waals surface area contributed by atoms with Crippen LogP contribution in [0.2, 0.25) is 0 Å². The number of aromatic nitrogens is 6. The molecule has 1 atom stereocenters. The molecule has 0 radical (unpaired) electrons. The largest absolute Gasteiger partial charge is 0.355 e. The first-order valence-corrected chi connectivity index (χ1v) is 11.9. The van der Waals surface area contributed by atoms with Crippen molar-refractivity contribution in [2.75, 3.05) is 24.5 Å². The van der Waals surface area contributed by atoms with Crippen molar-refractivity contribution >= 4 is 23.1 Å². The van der Waals surface area contributed by atoms with Crippen LogP contribution >= 0.6 is 11.3 Å². The van der Waals surface area contributed by atoms with Gasteiger partial charge in [-0.2, -0.15) is 5.10 Å². The monoisotopic (exact) mass is 460 g/mol. The van der Waals surface area contributed by atoms with Gasteiger partial charge in [-0.05, 0) is 25.0 Å². The average Bonchev–Trinajstić information content (AvgIpc) is 3.58. The van der Waals surface area contributed by atoms with Crippen LogP contribution in [-0.2, 0) is 11.2 Å². The van der Waals surface area contributed by atoms with E-state index < -0.39 is 0 Å². The quantitative estimate of drug-likeness (QED) is 0.452. The van der Waals surface area contributed by atoms with E-state index in [0.29, 0.717) is 18.9 Å². The molecule has 33 heavy (non-hydrogen) atoms. The summed E-state index contributed by atoms with van der Waals surface area (Å²) in [6.45, 7) is 2.08.